The number of carbonyl (C=O) groups excluding carboxylic acids is 1. The smallest absolute Gasteiger partial charge is 0.407 e. The minimum Gasteiger partial charge on any atom is -0.444 e. The Morgan fingerprint density at radius 1 is 1.24 bits per heavy atom. The molecule has 0 heterocycles. The summed E-state index contributed by atoms with van der Waals surface area (Å²) in [5, 5.41) is 2.98. The summed E-state index contributed by atoms with van der Waals surface area (Å²) in [4.78, 5) is 11.7. The third-order valence-corrected chi connectivity index (χ3v) is 3.89. The highest BCUT2D eigenvalue weighted by molar-refractivity contribution is 5.68. The van der Waals surface area contributed by atoms with Crippen LogP contribution in [0.4, 0.5) is 4.79 Å². The van der Waals surface area contributed by atoms with Gasteiger partial charge in [-0.25, -0.2) is 4.79 Å². The summed E-state index contributed by atoms with van der Waals surface area (Å²) in [6.45, 7) is 5.65. The summed E-state index contributed by atoms with van der Waals surface area (Å²) >= 11 is 0. The number of fused-ring (bicyclic) bond motifs is 2. The normalized spacial score (nSPS) is 36.7. The highest BCUT2D eigenvalue weighted by Crippen LogP contribution is 2.41. The van der Waals surface area contributed by atoms with Crippen LogP contribution in [0.3, 0.4) is 0 Å². The van der Waals surface area contributed by atoms with Crippen LogP contribution in [0.25, 0.3) is 0 Å². The molecule has 17 heavy (non-hydrogen) atoms. The van der Waals surface area contributed by atoms with Crippen molar-refractivity contribution in [2.45, 2.75) is 64.1 Å². The number of nitrogens with two attached hydrogens (primary N) is 1. The number of ether oxygens (including phenoxy) is 1. The van der Waals surface area contributed by atoms with Gasteiger partial charge in [0.05, 0.1) is 0 Å². The standard InChI is InChI=1S/C13H24N2O2/c1-13(2,3)17-12(16)15-10-6-8-4-5-9(7-10)11(8)14/h8-11H,4-7,14H2,1-3H3,(H,15,16)/t8-,9+,10?,11?. The van der Waals surface area contributed by atoms with Crippen LogP contribution >= 0.6 is 0 Å². The van der Waals surface area contributed by atoms with E-state index >= 15 is 0 Å². The fourth-order valence-electron chi connectivity index (χ4n) is 3.17. The minimum atomic E-state index is -0.422. The van der Waals surface area contributed by atoms with Gasteiger partial charge < -0.3 is 15.8 Å². The van der Waals surface area contributed by atoms with E-state index < -0.39 is 5.60 Å². The van der Waals surface area contributed by atoms with E-state index in [9.17, 15) is 4.79 Å². The van der Waals surface area contributed by atoms with Crippen molar-refractivity contribution in [3.63, 3.8) is 0 Å². The van der Waals surface area contributed by atoms with Crippen LogP contribution in [-0.4, -0.2) is 23.8 Å². The monoisotopic (exact) mass is 240 g/mol. The third kappa shape index (κ3) is 3.12. The average Bonchev–Trinajstić information content (AvgIpc) is 2.42. The molecule has 3 N–H and O–H groups in total. The van der Waals surface area contributed by atoms with Gasteiger partial charge in [0, 0.05) is 12.1 Å². The molecule has 2 aliphatic rings. The molecular weight excluding hydrogens is 216 g/mol. The first kappa shape index (κ1) is 12.7. The van der Waals surface area contributed by atoms with Gasteiger partial charge in [-0.15, -0.1) is 0 Å². The van der Waals surface area contributed by atoms with Gasteiger partial charge in [-0.3, -0.25) is 0 Å². The van der Waals surface area contributed by atoms with Gasteiger partial charge in [0.2, 0.25) is 0 Å². The molecule has 0 radical (unpaired) electrons. The number of alkyl carbamates (subject to hydrolysis) is 1. The van der Waals surface area contributed by atoms with Gasteiger partial charge in [-0.1, -0.05) is 0 Å². The molecule has 0 spiro atoms. The number of hydrogen-bond acceptors (Lipinski definition) is 3. The van der Waals surface area contributed by atoms with E-state index in [2.05, 4.69) is 5.32 Å². The summed E-state index contributed by atoms with van der Waals surface area (Å²) in [6.07, 6.45) is 4.17. The highest BCUT2D eigenvalue weighted by Gasteiger charge is 2.41. The number of carbonyl (C=O) groups is 1. The second-order valence-corrected chi connectivity index (χ2v) is 6.49. The van der Waals surface area contributed by atoms with E-state index in [1.807, 2.05) is 20.8 Å². The molecule has 1 amide bonds. The first-order valence-corrected chi connectivity index (χ1v) is 6.60. The lowest BCUT2D eigenvalue weighted by Crippen LogP contribution is -2.47. The summed E-state index contributed by atoms with van der Waals surface area (Å²) in [5.41, 5.74) is 5.71. The molecule has 98 valence electrons. The summed E-state index contributed by atoms with van der Waals surface area (Å²) in [6, 6.07) is 0.605. The van der Waals surface area contributed by atoms with Crippen LogP contribution in [0.5, 0.6) is 0 Å². The lowest BCUT2D eigenvalue weighted by molar-refractivity contribution is 0.0478. The molecule has 4 atom stereocenters. The highest BCUT2D eigenvalue weighted by atomic mass is 16.6. The van der Waals surface area contributed by atoms with Crippen molar-refractivity contribution in [2.75, 3.05) is 0 Å². The Hall–Kier alpha value is -0.770. The molecule has 4 heteroatoms. The first-order chi connectivity index (χ1) is 7.85. The zero-order chi connectivity index (χ0) is 12.6. The molecule has 2 saturated carbocycles. The van der Waals surface area contributed by atoms with E-state index in [1.54, 1.807) is 0 Å². The number of hydrogen-bond donors (Lipinski definition) is 2. The van der Waals surface area contributed by atoms with Crippen LogP contribution in [0.1, 0.15) is 46.5 Å². The van der Waals surface area contributed by atoms with Gasteiger partial charge in [0.1, 0.15) is 5.60 Å². The molecule has 2 fully saturated rings. The van der Waals surface area contributed by atoms with Crippen molar-refractivity contribution in [1.82, 2.24) is 5.32 Å². The fraction of sp³-hybridized carbons (Fsp3) is 0.923. The molecule has 2 rings (SSSR count). The Labute approximate surface area is 103 Å². The van der Waals surface area contributed by atoms with Crippen molar-refractivity contribution in [1.29, 1.82) is 0 Å². The first-order valence-electron chi connectivity index (χ1n) is 6.60. The van der Waals surface area contributed by atoms with E-state index in [-0.39, 0.29) is 12.1 Å². The number of nitrogens with one attached hydrogen (secondary N) is 1. The van der Waals surface area contributed by atoms with E-state index in [0.29, 0.717) is 17.9 Å². The van der Waals surface area contributed by atoms with Crippen molar-refractivity contribution < 1.29 is 9.53 Å². The molecule has 0 aromatic carbocycles. The summed E-state index contributed by atoms with van der Waals surface area (Å²) in [7, 11) is 0. The average molecular weight is 240 g/mol. The molecule has 0 aliphatic heterocycles. The van der Waals surface area contributed by atoms with Crippen molar-refractivity contribution in [2.24, 2.45) is 17.6 Å². The van der Waals surface area contributed by atoms with Crippen molar-refractivity contribution in [3.05, 3.63) is 0 Å². The second-order valence-electron chi connectivity index (χ2n) is 6.49. The fourth-order valence-corrected chi connectivity index (χ4v) is 3.17. The lowest BCUT2D eigenvalue weighted by Gasteiger charge is -2.33. The van der Waals surface area contributed by atoms with Gasteiger partial charge in [0.25, 0.3) is 0 Å². The largest absolute Gasteiger partial charge is 0.444 e. The maximum absolute atomic E-state index is 11.7. The molecular formula is C13H24N2O2. The van der Waals surface area contributed by atoms with Gasteiger partial charge in [-0.2, -0.15) is 0 Å². The number of amides is 1. The van der Waals surface area contributed by atoms with Crippen LogP contribution in [0.2, 0.25) is 0 Å². The molecule has 2 aliphatic carbocycles. The minimum absolute atomic E-state index is 0.252. The molecule has 0 aromatic rings. The van der Waals surface area contributed by atoms with Crippen LogP contribution in [0.15, 0.2) is 0 Å². The zero-order valence-corrected chi connectivity index (χ0v) is 11.0. The SMILES string of the molecule is CC(C)(C)OC(=O)NC1C[C@H]2CC[C@@H](C1)C2N. The van der Waals surface area contributed by atoms with Gasteiger partial charge in [-0.05, 0) is 58.3 Å². The Morgan fingerprint density at radius 2 is 1.76 bits per heavy atom. The third-order valence-electron chi connectivity index (χ3n) is 3.89. The van der Waals surface area contributed by atoms with Crippen LogP contribution < -0.4 is 11.1 Å². The van der Waals surface area contributed by atoms with Crippen LogP contribution in [-0.2, 0) is 4.74 Å². The summed E-state index contributed by atoms with van der Waals surface area (Å²) < 4.78 is 5.28. The van der Waals surface area contributed by atoms with Crippen molar-refractivity contribution >= 4 is 6.09 Å². The topological polar surface area (TPSA) is 64.3 Å². The van der Waals surface area contributed by atoms with Crippen molar-refractivity contribution in [3.8, 4) is 0 Å². The van der Waals surface area contributed by atoms with Gasteiger partial charge in [0.15, 0.2) is 0 Å². The molecule has 4 nitrogen and oxygen atoms in total. The Bertz CT molecular complexity index is 284. The van der Waals surface area contributed by atoms with Crippen LogP contribution in [0, 0.1) is 11.8 Å². The number of rotatable bonds is 1. The zero-order valence-electron chi connectivity index (χ0n) is 11.0. The maximum Gasteiger partial charge on any atom is 0.407 e. The maximum atomic E-state index is 11.7. The predicted molar refractivity (Wildman–Crippen MR) is 66.6 cm³/mol. The molecule has 0 saturated heterocycles. The second kappa shape index (κ2) is 4.48. The summed E-state index contributed by atoms with van der Waals surface area (Å²) in [5.74, 6) is 1.18. The van der Waals surface area contributed by atoms with Gasteiger partial charge >= 0.3 is 6.09 Å². The van der Waals surface area contributed by atoms with E-state index in [4.69, 9.17) is 10.5 Å². The van der Waals surface area contributed by atoms with E-state index in [0.717, 1.165) is 12.8 Å². The Balaban J connectivity index is 1.83. The van der Waals surface area contributed by atoms with E-state index in [1.165, 1.54) is 12.8 Å². The Kier molecular flexibility index (Phi) is 3.34. The lowest BCUT2D eigenvalue weighted by atomic mass is 9.82. The predicted octanol–water partition coefficient (Wildman–Crippen LogP) is 2.03. The molecule has 2 bridgehead atoms. The molecule has 0 aromatic heterocycles. The Morgan fingerprint density at radius 3 is 2.24 bits per heavy atom. The quantitative estimate of drug-likeness (QED) is 0.737. The molecule has 2 unspecified atom stereocenters.